The lowest BCUT2D eigenvalue weighted by atomic mass is 10.1. The van der Waals surface area contributed by atoms with E-state index in [9.17, 15) is 0 Å². The Bertz CT molecular complexity index is 540. The summed E-state index contributed by atoms with van der Waals surface area (Å²) < 4.78 is 5.89. The van der Waals surface area contributed by atoms with Gasteiger partial charge in [0.25, 0.3) is 0 Å². The number of halogens is 1. The molecule has 2 nitrogen and oxygen atoms in total. The number of hydrogen-bond donors (Lipinski definition) is 1. The molecule has 0 saturated heterocycles. The summed E-state index contributed by atoms with van der Waals surface area (Å²) in [6, 6.07) is 12.0. The Balaban J connectivity index is 2.10. The average molecular weight is 276 g/mol. The lowest BCUT2D eigenvalue weighted by Crippen LogP contribution is -2.00. The second-order valence-electron chi connectivity index (χ2n) is 4.68. The first-order valence-electron chi connectivity index (χ1n) is 6.27. The van der Waals surface area contributed by atoms with E-state index in [-0.39, 0.29) is 0 Å². The summed E-state index contributed by atoms with van der Waals surface area (Å²) >= 11 is 6.01. The number of hydrogen-bond acceptors (Lipinski definition) is 2. The van der Waals surface area contributed by atoms with Crippen molar-refractivity contribution in [3.05, 3.63) is 63.7 Å². The Labute approximate surface area is 119 Å². The molecular weight excluding hydrogens is 258 g/mol. The van der Waals surface area contributed by atoms with E-state index in [1.807, 2.05) is 50.2 Å². The van der Waals surface area contributed by atoms with Gasteiger partial charge in [0, 0.05) is 11.6 Å². The minimum absolute atomic E-state index is 0.550. The molecule has 0 spiro atoms. The van der Waals surface area contributed by atoms with Gasteiger partial charge < -0.3 is 10.5 Å². The van der Waals surface area contributed by atoms with Gasteiger partial charge in [-0.15, -0.1) is 0 Å². The highest BCUT2D eigenvalue weighted by Crippen LogP contribution is 2.27. The van der Waals surface area contributed by atoms with E-state index in [1.54, 1.807) is 0 Å². The van der Waals surface area contributed by atoms with Crippen molar-refractivity contribution >= 4 is 11.6 Å². The van der Waals surface area contributed by atoms with Crippen LogP contribution in [0.25, 0.3) is 0 Å². The lowest BCUT2D eigenvalue weighted by molar-refractivity contribution is 0.302. The summed E-state index contributed by atoms with van der Waals surface area (Å²) in [6.07, 6.45) is 0. The third-order valence-electron chi connectivity index (χ3n) is 3.07. The van der Waals surface area contributed by atoms with E-state index >= 15 is 0 Å². The van der Waals surface area contributed by atoms with Gasteiger partial charge in [-0.05, 0) is 48.2 Å². The Morgan fingerprint density at radius 1 is 1.00 bits per heavy atom. The van der Waals surface area contributed by atoms with E-state index in [4.69, 9.17) is 22.1 Å². The molecule has 19 heavy (non-hydrogen) atoms. The predicted octanol–water partition coefficient (Wildman–Crippen LogP) is 3.99. The van der Waals surface area contributed by atoms with Gasteiger partial charge >= 0.3 is 0 Å². The van der Waals surface area contributed by atoms with Crippen molar-refractivity contribution in [2.24, 2.45) is 5.73 Å². The van der Waals surface area contributed by atoms with Gasteiger partial charge in [0.1, 0.15) is 12.4 Å². The van der Waals surface area contributed by atoms with Crippen molar-refractivity contribution < 1.29 is 4.74 Å². The van der Waals surface area contributed by atoms with Crippen LogP contribution in [-0.2, 0) is 13.2 Å². The third-order valence-corrected chi connectivity index (χ3v) is 3.29. The molecule has 2 rings (SSSR count). The van der Waals surface area contributed by atoms with E-state index < -0.39 is 0 Å². The van der Waals surface area contributed by atoms with Gasteiger partial charge in [0.05, 0.1) is 0 Å². The number of ether oxygens (including phenoxy) is 1. The van der Waals surface area contributed by atoms with Crippen LogP contribution in [0, 0.1) is 13.8 Å². The Hall–Kier alpha value is -1.51. The summed E-state index contributed by atoms with van der Waals surface area (Å²) in [5.41, 5.74) is 9.95. The molecule has 2 aromatic rings. The summed E-state index contributed by atoms with van der Waals surface area (Å²) in [7, 11) is 0. The highest BCUT2D eigenvalue weighted by Gasteiger charge is 2.06. The van der Waals surface area contributed by atoms with E-state index in [0.717, 1.165) is 33.0 Å². The van der Waals surface area contributed by atoms with Gasteiger partial charge in [-0.2, -0.15) is 0 Å². The van der Waals surface area contributed by atoms with Gasteiger partial charge in [-0.3, -0.25) is 0 Å². The van der Waals surface area contributed by atoms with E-state index in [2.05, 4.69) is 0 Å². The van der Waals surface area contributed by atoms with Crippen LogP contribution in [0.2, 0.25) is 5.02 Å². The Kier molecular flexibility index (Phi) is 4.46. The average Bonchev–Trinajstić information content (AvgIpc) is 2.38. The maximum atomic E-state index is 6.01. The molecule has 100 valence electrons. The molecule has 0 fully saturated rings. The molecule has 0 amide bonds. The maximum absolute atomic E-state index is 6.01. The van der Waals surface area contributed by atoms with Crippen LogP contribution in [0.3, 0.4) is 0 Å². The number of benzene rings is 2. The Morgan fingerprint density at radius 3 is 2.05 bits per heavy atom. The smallest absolute Gasteiger partial charge is 0.125 e. The van der Waals surface area contributed by atoms with Crippen molar-refractivity contribution in [3.63, 3.8) is 0 Å². The fourth-order valence-corrected chi connectivity index (χ4v) is 2.38. The minimum atomic E-state index is 0.550. The molecule has 0 heterocycles. The second kappa shape index (κ2) is 6.09. The maximum Gasteiger partial charge on any atom is 0.125 e. The normalized spacial score (nSPS) is 10.5. The highest BCUT2D eigenvalue weighted by molar-refractivity contribution is 6.30. The topological polar surface area (TPSA) is 35.2 Å². The largest absolute Gasteiger partial charge is 0.488 e. The molecule has 0 aromatic heterocycles. The van der Waals surface area contributed by atoms with E-state index in [1.165, 1.54) is 0 Å². The summed E-state index contributed by atoms with van der Waals surface area (Å²) in [5.74, 6) is 0.910. The van der Waals surface area contributed by atoms with Gasteiger partial charge in [0.2, 0.25) is 0 Å². The molecule has 0 saturated carbocycles. The monoisotopic (exact) mass is 275 g/mol. The molecule has 0 radical (unpaired) electrons. The zero-order valence-corrected chi connectivity index (χ0v) is 12.0. The van der Waals surface area contributed by atoms with Crippen LogP contribution in [0.4, 0.5) is 0 Å². The number of rotatable bonds is 4. The van der Waals surface area contributed by atoms with E-state index in [0.29, 0.717) is 13.2 Å². The van der Waals surface area contributed by atoms with Gasteiger partial charge in [-0.25, -0.2) is 0 Å². The summed E-state index contributed by atoms with van der Waals surface area (Å²) in [4.78, 5) is 0. The van der Waals surface area contributed by atoms with Crippen LogP contribution in [0.5, 0.6) is 5.75 Å². The third kappa shape index (κ3) is 3.49. The zero-order chi connectivity index (χ0) is 13.8. The quantitative estimate of drug-likeness (QED) is 0.915. The lowest BCUT2D eigenvalue weighted by Gasteiger charge is -2.13. The summed E-state index contributed by atoms with van der Waals surface area (Å²) in [6.45, 7) is 5.13. The van der Waals surface area contributed by atoms with Crippen molar-refractivity contribution in [2.45, 2.75) is 27.0 Å². The van der Waals surface area contributed by atoms with Crippen LogP contribution < -0.4 is 10.5 Å². The molecule has 2 N–H and O–H groups in total. The van der Waals surface area contributed by atoms with Gasteiger partial charge in [-0.1, -0.05) is 35.9 Å². The SMILES string of the molecule is Cc1cc(Cl)cc(C)c1OCc1ccc(CN)cc1. The fourth-order valence-electron chi connectivity index (χ4n) is 2.05. The minimum Gasteiger partial charge on any atom is -0.488 e. The van der Waals surface area contributed by atoms with Crippen molar-refractivity contribution in [3.8, 4) is 5.75 Å². The first-order chi connectivity index (χ1) is 9.10. The zero-order valence-electron chi connectivity index (χ0n) is 11.2. The van der Waals surface area contributed by atoms with Crippen LogP contribution in [0.15, 0.2) is 36.4 Å². The molecule has 0 atom stereocenters. The molecular formula is C16H18ClNO. The molecule has 0 aliphatic rings. The van der Waals surface area contributed by atoms with Crippen LogP contribution >= 0.6 is 11.6 Å². The molecule has 2 aromatic carbocycles. The first-order valence-corrected chi connectivity index (χ1v) is 6.65. The van der Waals surface area contributed by atoms with Crippen molar-refractivity contribution in [1.29, 1.82) is 0 Å². The second-order valence-corrected chi connectivity index (χ2v) is 5.11. The number of aryl methyl sites for hydroxylation is 2. The first kappa shape index (κ1) is 13.9. The molecule has 0 aliphatic carbocycles. The van der Waals surface area contributed by atoms with Gasteiger partial charge in [0.15, 0.2) is 0 Å². The fraction of sp³-hybridized carbons (Fsp3) is 0.250. The summed E-state index contributed by atoms with van der Waals surface area (Å²) in [5, 5.41) is 0.745. The molecule has 0 bridgehead atoms. The molecule has 3 heteroatoms. The molecule has 0 aliphatic heterocycles. The standard InChI is InChI=1S/C16H18ClNO/c1-11-7-15(17)8-12(2)16(11)19-10-14-5-3-13(9-18)4-6-14/h3-8H,9-10,18H2,1-2H3. The molecule has 0 unspecified atom stereocenters. The van der Waals surface area contributed by atoms with Crippen LogP contribution in [-0.4, -0.2) is 0 Å². The van der Waals surface area contributed by atoms with Crippen molar-refractivity contribution in [2.75, 3.05) is 0 Å². The Morgan fingerprint density at radius 2 is 1.53 bits per heavy atom. The highest BCUT2D eigenvalue weighted by atomic mass is 35.5. The predicted molar refractivity (Wildman–Crippen MR) is 79.6 cm³/mol. The number of nitrogens with two attached hydrogens (primary N) is 1. The van der Waals surface area contributed by atoms with Crippen molar-refractivity contribution in [1.82, 2.24) is 0 Å². The van der Waals surface area contributed by atoms with Crippen LogP contribution in [0.1, 0.15) is 22.3 Å².